The number of rotatable bonds is 4. The Morgan fingerprint density at radius 2 is 1.65 bits per heavy atom. The average Bonchev–Trinajstić information content (AvgIpc) is 2.67. The second-order valence-electron chi connectivity index (χ2n) is 7.17. The third-order valence-electron chi connectivity index (χ3n) is 5.37. The first-order valence-corrected chi connectivity index (χ1v) is 9.25. The van der Waals surface area contributed by atoms with Crippen LogP contribution in [0.25, 0.3) is 10.9 Å². The highest BCUT2D eigenvalue weighted by atomic mass is 16.1. The normalized spacial score (nSPS) is 20.3. The third kappa shape index (κ3) is 3.52. The summed E-state index contributed by atoms with van der Waals surface area (Å²) in [4.78, 5) is 15.6. The molecule has 1 saturated heterocycles. The molecule has 2 aromatic carbocycles. The zero-order valence-corrected chi connectivity index (χ0v) is 15.1. The van der Waals surface area contributed by atoms with Crippen molar-refractivity contribution in [2.24, 2.45) is 0 Å². The van der Waals surface area contributed by atoms with Gasteiger partial charge in [-0.3, -0.25) is 4.79 Å². The van der Waals surface area contributed by atoms with E-state index in [0.29, 0.717) is 17.6 Å². The van der Waals surface area contributed by atoms with Gasteiger partial charge in [0.1, 0.15) is 38.2 Å². The van der Waals surface area contributed by atoms with Crippen molar-refractivity contribution < 1.29 is 9.80 Å². The first-order chi connectivity index (χ1) is 12.7. The van der Waals surface area contributed by atoms with Crippen LogP contribution in [0.3, 0.4) is 0 Å². The Labute approximate surface area is 152 Å². The molecule has 1 fully saturated rings. The van der Waals surface area contributed by atoms with Gasteiger partial charge in [0.25, 0.3) is 5.56 Å². The molecule has 6 nitrogen and oxygen atoms in total. The highest BCUT2D eigenvalue weighted by Crippen LogP contribution is 2.05. The third-order valence-corrected chi connectivity index (χ3v) is 5.37. The molecule has 0 bridgehead atoms. The van der Waals surface area contributed by atoms with Crippen LogP contribution in [-0.2, 0) is 13.2 Å². The van der Waals surface area contributed by atoms with E-state index in [4.69, 9.17) is 0 Å². The van der Waals surface area contributed by atoms with Crippen molar-refractivity contribution in [2.75, 3.05) is 26.2 Å². The van der Waals surface area contributed by atoms with Crippen molar-refractivity contribution in [3.8, 4) is 0 Å². The summed E-state index contributed by atoms with van der Waals surface area (Å²) in [5, 5.41) is 8.95. The maximum Gasteiger partial charge on any atom is 0.282 e. The molecule has 2 heterocycles. The molecule has 1 aromatic heterocycles. The number of quaternary nitrogens is 2. The molecule has 0 spiro atoms. The van der Waals surface area contributed by atoms with Gasteiger partial charge in [-0.25, -0.2) is 0 Å². The van der Waals surface area contributed by atoms with Crippen LogP contribution in [0.2, 0.25) is 0 Å². The minimum atomic E-state index is -0.0437. The van der Waals surface area contributed by atoms with Crippen molar-refractivity contribution in [1.82, 2.24) is 15.0 Å². The number of fused-ring (bicyclic) bond motifs is 1. The molecule has 3 aromatic rings. The molecule has 0 amide bonds. The fourth-order valence-electron chi connectivity index (χ4n) is 3.71. The molecule has 1 aliphatic heterocycles. The molecule has 1 aliphatic rings. The van der Waals surface area contributed by atoms with E-state index in [1.54, 1.807) is 4.90 Å². The monoisotopic (exact) mass is 351 g/mol. The first kappa shape index (κ1) is 16.9. The van der Waals surface area contributed by atoms with Gasteiger partial charge >= 0.3 is 0 Å². The van der Waals surface area contributed by atoms with Crippen LogP contribution < -0.4 is 15.4 Å². The highest BCUT2D eigenvalue weighted by Gasteiger charge is 2.24. The summed E-state index contributed by atoms with van der Waals surface area (Å²) in [7, 11) is 0. The molecule has 0 saturated carbocycles. The van der Waals surface area contributed by atoms with E-state index in [2.05, 4.69) is 41.5 Å². The number of nitrogens with zero attached hydrogens (tertiary/aromatic N) is 3. The molecule has 2 N–H and O–H groups in total. The lowest BCUT2D eigenvalue weighted by Gasteiger charge is -2.29. The van der Waals surface area contributed by atoms with Crippen LogP contribution in [-0.4, -0.2) is 41.2 Å². The lowest BCUT2D eigenvalue weighted by Crippen LogP contribution is -3.27. The lowest BCUT2D eigenvalue weighted by molar-refractivity contribution is -1.03. The SMILES string of the molecule is Cc1ccccc1C[NH+]1CC[NH+](Cn2nnc3ccccc3c2=O)CC1. The summed E-state index contributed by atoms with van der Waals surface area (Å²) in [6.45, 7) is 8.16. The number of aromatic nitrogens is 3. The van der Waals surface area contributed by atoms with Crippen LogP contribution >= 0.6 is 0 Å². The molecule has 134 valence electrons. The molecular weight excluding hydrogens is 326 g/mol. The summed E-state index contributed by atoms with van der Waals surface area (Å²) in [6, 6.07) is 16.0. The van der Waals surface area contributed by atoms with Gasteiger partial charge in [0, 0.05) is 5.56 Å². The van der Waals surface area contributed by atoms with Gasteiger partial charge in [-0.2, -0.15) is 4.68 Å². The van der Waals surface area contributed by atoms with Crippen molar-refractivity contribution in [1.29, 1.82) is 0 Å². The van der Waals surface area contributed by atoms with Gasteiger partial charge in [0.05, 0.1) is 5.39 Å². The van der Waals surface area contributed by atoms with E-state index in [1.807, 2.05) is 24.3 Å². The first-order valence-electron chi connectivity index (χ1n) is 9.25. The topological polar surface area (TPSA) is 56.7 Å². The van der Waals surface area contributed by atoms with Gasteiger partial charge in [-0.15, -0.1) is 5.10 Å². The van der Waals surface area contributed by atoms with Gasteiger partial charge in [0.15, 0.2) is 6.67 Å². The van der Waals surface area contributed by atoms with Gasteiger partial charge in [-0.05, 0) is 24.6 Å². The summed E-state index contributed by atoms with van der Waals surface area (Å²) < 4.78 is 1.52. The molecule has 0 atom stereocenters. The fourth-order valence-corrected chi connectivity index (χ4v) is 3.71. The predicted molar refractivity (Wildman–Crippen MR) is 100 cm³/mol. The van der Waals surface area contributed by atoms with Crippen LogP contribution in [0.5, 0.6) is 0 Å². The Balaban J connectivity index is 1.39. The quantitative estimate of drug-likeness (QED) is 0.637. The fraction of sp³-hybridized carbons (Fsp3) is 0.350. The van der Waals surface area contributed by atoms with Crippen molar-refractivity contribution in [3.05, 3.63) is 70.0 Å². The number of nitrogens with one attached hydrogen (secondary N) is 2. The van der Waals surface area contributed by atoms with Gasteiger partial charge in [0.2, 0.25) is 0 Å². The second kappa shape index (κ2) is 7.35. The number of hydrogen-bond acceptors (Lipinski definition) is 3. The zero-order chi connectivity index (χ0) is 17.9. The average molecular weight is 351 g/mol. The number of hydrogen-bond donors (Lipinski definition) is 2. The second-order valence-corrected chi connectivity index (χ2v) is 7.17. The molecule has 0 aliphatic carbocycles. The highest BCUT2D eigenvalue weighted by molar-refractivity contribution is 5.76. The Hall–Kier alpha value is -2.57. The van der Waals surface area contributed by atoms with Crippen LogP contribution in [0, 0.1) is 6.92 Å². The Kier molecular flexibility index (Phi) is 4.77. The molecule has 4 rings (SSSR count). The summed E-state index contributed by atoms with van der Waals surface area (Å²) >= 11 is 0. The minimum absolute atomic E-state index is 0.0437. The molecular formula is C20H25N5O+2. The van der Waals surface area contributed by atoms with Gasteiger partial charge < -0.3 is 9.80 Å². The van der Waals surface area contributed by atoms with E-state index in [-0.39, 0.29) is 5.56 Å². The van der Waals surface area contributed by atoms with E-state index >= 15 is 0 Å². The summed E-state index contributed by atoms with van der Waals surface area (Å²) in [5.41, 5.74) is 3.42. The number of benzene rings is 2. The predicted octanol–water partition coefficient (Wildman–Crippen LogP) is -0.959. The van der Waals surface area contributed by atoms with Crippen LogP contribution in [0.4, 0.5) is 0 Å². The Bertz CT molecular complexity index is 960. The Morgan fingerprint density at radius 1 is 0.962 bits per heavy atom. The van der Waals surface area contributed by atoms with E-state index < -0.39 is 0 Å². The lowest BCUT2D eigenvalue weighted by atomic mass is 10.1. The molecule has 6 heteroatoms. The smallest absolute Gasteiger partial charge is 0.282 e. The zero-order valence-electron chi connectivity index (χ0n) is 15.1. The minimum Gasteiger partial charge on any atom is -0.322 e. The molecule has 26 heavy (non-hydrogen) atoms. The standard InChI is InChI=1S/C20H23N5O/c1-16-6-2-3-7-17(16)14-23-10-12-24(13-11-23)15-25-20(26)18-8-4-5-9-19(18)21-22-25/h2-9H,10-15H2,1H3/p+2. The largest absolute Gasteiger partial charge is 0.322 e. The number of piperazine rings is 1. The van der Waals surface area contributed by atoms with E-state index in [9.17, 15) is 4.79 Å². The number of aryl methyl sites for hydroxylation is 1. The maximum absolute atomic E-state index is 12.6. The van der Waals surface area contributed by atoms with Crippen LogP contribution in [0.15, 0.2) is 53.3 Å². The van der Waals surface area contributed by atoms with E-state index in [0.717, 1.165) is 32.7 Å². The maximum atomic E-state index is 12.6. The molecule has 0 unspecified atom stereocenters. The van der Waals surface area contributed by atoms with Crippen molar-refractivity contribution >= 4 is 10.9 Å². The molecule has 0 radical (unpaired) electrons. The summed E-state index contributed by atoms with van der Waals surface area (Å²) in [6.07, 6.45) is 0. The Morgan fingerprint density at radius 3 is 2.46 bits per heavy atom. The van der Waals surface area contributed by atoms with E-state index in [1.165, 1.54) is 20.7 Å². The summed E-state index contributed by atoms with van der Waals surface area (Å²) in [5.74, 6) is 0. The van der Waals surface area contributed by atoms with Crippen LogP contribution in [0.1, 0.15) is 11.1 Å². The van der Waals surface area contributed by atoms with Crippen molar-refractivity contribution in [3.63, 3.8) is 0 Å². The van der Waals surface area contributed by atoms with Gasteiger partial charge in [-0.1, -0.05) is 41.6 Å². The van der Waals surface area contributed by atoms with Crippen molar-refractivity contribution in [2.45, 2.75) is 20.1 Å².